The molecule has 26 heavy (non-hydrogen) atoms. The highest BCUT2D eigenvalue weighted by molar-refractivity contribution is 8.15. The van der Waals surface area contributed by atoms with Crippen LogP contribution in [-0.2, 0) is 9.59 Å². The lowest BCUT2D eigenvalue weighted by molar-refractivity contribution is -0.384. The van der Waals surface area contributed by atoms with Crippen LogP contribution in [0.3, 0.4) is 0 Å². The van der Waals surface area contributed by atoms with Crippen LogP contribution in [0.2, 0.25) is 5.02 Å². The number of carbonyl (C=O) groups excluding carboxylic acids is 2. The fourth-order valence-electron chi connectivity index (χ4n) is 2.89. The molecule has 3 rings (SSSR count). The normalized spacial score (nSPS) is 21.8. The number of anilines is 1. The Labute approximate surface area is 158 Å². The summed E-state index contributed by atoms with van der Waals surface area (Å²) in [6.07, 6.45) is 4.28. The zero-order chi connectivity index (χ0) is 18.7. The molecule has 0 unspecified atom stereocenters. The minimum atomic E-state index is -0.576. The second kappa shape index (κ2) is 8.05. The Morgan fingerprint density at radius 2 is 2.15 bits per heavy atom. The number of amidine groups is 1. The Bertz CT molecular complexity index is 780. The number of halogens is 1. The smallest absolute Gasteiger partial charge is 0.271 e. The Hall–Kier alpha value is -2.13. The summed E-state index contributed by atoms with van der Waals surface area (Å²) in [4.78, 5) is 39.1. The lowest BCUT2D eigenvalue weighted by Crippen LogP contribution is -2.28. The van der Waals surface area contributed by atoms with Gasteiger partial charge < -0.3 is 10.6 Å². The summed E-state index contributed by atoms with van der Waals surface area (Å²) in [6.45, 7) is 0. The number of nitrogens with zero attached hydrogens (tertiary/aromatic N) is 2. The van der Waals surface area contributed by atoms with Crippen LogP contribution in [0, 0.1) is 10.1 Å². The fourth-order valence-corrected chi connectivity index (χ4v) is 4.10. The molecule has 0 spiro atoms. The van der Waals surface area contributed by atoms with Gasteiger partial charge in [-0.15, -0.1) is 0 Å². The first-order valence-corrected chi connectivity index (χ1v) is 9.47. The quantitative estimate of drug-likeness (QED) is 0.586. The highest BCUT2D eigenvalue weighted by Gasteiger charge is 2.33. The molecular weight excluding hydrogens is 380 g/mol. The van der Waals surface area contributed by atoms with Crippen molar-refractivity contribution in [3.8, 4) is 0 Å². The maximum atomic E-state index is 12.2. The first kappa shape index (κ1) is 18.7. The van der Waals surface area contributed by atoms with Crippen LogP contribution >= 0.6 is 23.4 Å². The van der Waals surface area contributed by atoms with Crippen molar-refractivity contribution in [3.05, 3.63) is 33.3 Å². The van der Waals surface area contributed by atoms with Gasteiger partial charge in [0.2, 0.25) is 11.8 Å². The highest BCUT2D eigenvalue weighted by atomic mass is 35.5. The summed E-state index contributed by atoms with van der Waals surface area (Å²) in [5.41, 5.74) is -0.0298. The van der Waals surface area contributed by atoms with Gasteiger partial charge in [-0.05, 0) is 18.9 Å². The molecule has 2 aliphatic rings. The van der Waals surface area contributed by atoms with Gasteiger partial charge in [0.25, 0.3) is 5.69 Å². The number of amides is 2. The van der Waals surface area contributed by atoms with Crippen molar-refractivity contribution < 1.29 is 14.5 Å². The molecule has 2 fully saturated rings. The topological polar surface area (TPSA) is 114 Å². The number of non-ortho nitro benzene ring substituents is 1. The lowest BCUT2D eigenvalue weighted by atomic mass is 10.2. The van der Waals surface area contributed by atoms with E-state index in [1.165, 1.54) is 30.0 Å². The van der Waals surface area contributed by atoms with Gasteiger partial charge in [-0.1, -0.05) is 36.2 Å². The van der Waals surface area contributed by atoms with E-state index in [2.05, 4.69) is 15.6 Å². The number of aliphatic imine (C=N–C) groups is 1. The van der Waals surface area contributed by atoms with E-state index in [0.717, 1.165) is 25.7 Å². The summed E-state index contributed by atoms with van der Waals surface area (Å²) in [7, 11) is 0. The van der Waals surface area contributed by atoms with E-state index < -0.39 is 16.1 Å². The van der Waals surface area contributed by atoms with Crippen molar-refractivity contribution in [3.63, 3.8) is 0 Å². The molecule has 1 aromatic carbocycles. The molecule has 138 valence electrons. The molecule has 1 heterocycles. The zero-order valence-electron chi connectivity index (χ0n) is 13.7. The number of carbonyl (C=O) groups is 2. The van der Waals surface area contributed by atoms with Gasteiger partial charge in [0, 0.05) is 18.6 Å². The summed E-state index contributed by atoms with van der Waals surface area (Å²) in [6, 6.07) is 4.03. The van der Waals surface area contributed by atoms with Crippen molar-refractivity contribution in [1.29, 1.82) is 0 Å². The van der Waals surface area contributed by atoms with Crippen LogP contribution in [0.5, 0.6) is 0 Å². The fraction of sp³-hybridized carbons (Fsp3) is 0.438. The third-order valence-electron chi connectivity index (χ3n) is 4.21. The number of hydrogen-bond acceptors (Lipinski definition) is 6. The van der Waals surface area contributed by atoms with E-state index in [0.29, 0.717) is 5.17 Å². The summed E-state index contributed by atoms with van der Waals surface area (Å²) in [5.74, 6) is -0.700. The number of nitro groups is 1. The molecular formula is C16H17ClN4O4S. The Morgan fingerprint density at radius 1 is 1.42 bits per heavy atom. The number of nitro benzene ring substituents is 1. The van der Waals surface area contributed by atoms with E-state index in [9.17, 15) is 19.7 Å². The molecule has 1 saturated heterocycles. The Kier molecular flexibility index (Phi) is 5.77. The second-order valence-corrected chi connectivity index (χ2v) is 7.74. The van der Waals surface area contributed by atoms with Crippen LogP contribution in [0.4, 0.5) is 11.4 Å². The number of rotatable bonds is 5. The maximum Gasteiger partial charge on any atom is 0.271 e. The molecule has 8 nitrogen and oxygen atoms in total. The van der Waals surface area contributed by atoms with Crippen molar-refractivity contribution >= 4 is 51.7 Å². The average molecular weight is 397 g/mol. The van der Waals surface area contributed by atoms with Crippen LogP contribution in [0.15, 0.2) is 23.2 Å². The molecule has 1 aromatic rings. The average Bonchev–Trinajstić information content (AvgIpc) is 3.20. The summed E-state index contributed by atoms with van der Waals surface area (Å²) >= 11 is 7.21. The van der Waals surface area contributed by atoms with Crippen molar-refractivity contribution in [2.75, 3.05) is 5.32 Å². The standard InChI is InChI=1S/C16H17ClN4O4S/c17-11-6-5-10(21(24)25)7-12(11)19-14(22)8-13-15(23)20-16(26-13)18-9-3-1-2-4-9/h5-7,9,13H,1-4,8H2,(H,19,22)(H,18,20,23)/t13-/m0/s1. The van der Waals surface area contributed by atoms with Crippen LogP contribution in [0.1, 0.15) is 32.1 Å². The highest BCUT2D eigenvalue weighted by Crippen LogP contribution is 2.29. The molecule has 0 radical (unpaired) electrons. The van der Waals surface area contributed by atoms with E-state index in [1.54, 1.807) is 0 Å². The molecule has 10 heteroatoms. The van der Waals surface area contributed by atoms with Crippen molar-refractivity contribution in [2.24, 2.45) is 4.99 Å². The Morgan fingerprint density at radius 3 is 2.85 bits per heavy atom. The van der Waals surface area contributed by atoms with Gasteiger partial charge in [-0.25, -0.2) is 0 Å². The molecule has 1 aliphatic heterocycles. The predicted molar refractivity (Wildman–Crippen MR) is 101 cm³/mol. The first-order valence-electron chi connectivity index (χ1n) is 8.21. The van der Waals surface area contributed by atoms with E-state index >= 15 is 0 Å². The molecule has 2 amide bonds. The number of benzene rings is 1. The summed E-state index contributed by atoms with van der Waals surface area (Å²) < 4.78 is 0. The number of nitrogens with one attached hydrogen (secondary N) is 2. The van der Waals surface area contributed by atoms with Crippen LogP contribution in [0.25, 0.3) is 0 Å². The predicted octanol–water partition coefficient (Wildman–Crippen LogP) is 3.11. The van der Waals surface area contributed by atoms with Gasteiger partial charge in [0.1, 0.15) is 5.25 Å². The third-order valence-corrected chi connectivity index (χ3v) is 5.63. The minimum absolute atomic E-state index is 0.0702. The largest absolute Gasteiger partial charge is 0.325 e. The molecule has 2 N–H and O–H groups in total. The van der Waals surface area contributed by atoms with E-state index in [4.69, 9.17) is 11.6 Å². The molecule has 1 atom stereocenters. The van der Waals surface area contributed by atoms with Crippen LogP contribution < -0.4 is 10.6 Å². The second-order valence-electron chi connectivity index (χ2n) is 6.14. The van der Waals surface area contributed by atoms with Crippen molar-refractivity contribution in [1.82, 2.24) is 5.32 Å². The molecule has 1 saturated carbocycles. The number of hydrogen-bond donors (Lipinski definition) is 2. The van der Waals surface area contributed by atoms with Gasteiger partial charge in [0.05, 0.1) is 21.7 Å². The molecule has 1 aliphatic carbocycles. The summed E-state index contributed by atoms with van der Waals surface area (Å²) in [5, 5.41) is 16.3. The Balaban J connectivity index is 1.60. The number of thioether (sulfide) groups is 1. The zero-order valence-corrected chi connectivity index (χ0v) is 15.3. The van der Waals surface area contributed by atoms with Gasteiger partial charge in [-0.3, -0.25) is 24.7 Å². The SMILES string of the molecule is O=C(C[C@@H]1SC(=NC2CCCC2)NC1=O)Nc1cc([N+](=O)[O-])ccc1Cl. The lowest BCUT2D eigenvalue weighted by Gasteiger charge is -2.09. The molecule has 0 aromatic heterocycles. The van der Waals surface area contributed by atoms with E-state index in [-0.39, 0.29) is 34.8 Å². The maximum absolute atomic E-state index is 12.2. The monoisotopic (exact) mass is 396 g/mol. The minimum Gasteiger partial charge on any atom is -0.325 e. The van der Waals surface area contributed by atoms with Gasteiger partial charge >= 0.3 is 0 Å². The third kappa shape index (κ3) is 4.53. The van der Waals surface area contributed by atoms with Crippen molar-refractivity contribution in [2.45, 2.75) is 43.4 Å². The molecule has 0 bridgehead atoms. The first-order chi connectivity index (χ1) is 12.4. The van der Waals surface area contributed by atoms with Gasteiger partial charge in [-0.2, -0.15) is 0 Å². The van der Waals surface area contributed by atoms with Crippen LogP contribution in [-0.4, -0.2) is 33.2 Å². The van der Waals surface area contributed by atoms with E-state index in [1.807, 2.05) is 0 Å². The van der Waals surface area contributed by atoms with Gasteiger partial charge in [0.15, 0.2) is 5.17 Å².